The van der Waals surface area contributed by atoms with Crippen LogP contribution in [0.25, 0.3) is 0 Å². The maximum Gasteiger partial charge on any atom is 0.415 e. The third kappa shape index (κ3) is 2.09. The van der Waals surface area contributed by atoms with Gasteiger partial charge in [-0.1, -0.05) is 54.1 Å². The number of halogens is 1. The lowest BCUT2D eigenvalue weighted by atomic mass is 9.85. The van der Waals surface area contributed by atoms with E-state index in [0.29, 0.717) is 29.3 Å². The van der Waals surface area contributed by atoms with Gasteiger partial charge in [0.1, 0.15) is 17.4 Å². The fourth-order valence-corrected chi connectivity index (χ4v) is 5.00. The number of nitrogens with zero attached hydrogens (tertiary/aromatic N) is 1. The largest absolute Gasteiger partial charge is 0.455 e. The highest BCUT2D eigenvalue weighted by atomic mass is 35.5. The van der Waals surface area contributed by atoms with Gasteiger partial charge in [0.2, 0.25) is 0 Å². The smallest absolute Gasteiger partial charge is 0.415 e. The number of rotatable bonds is 0. The zero-order valence-corrected chi connectivity index (χ0v) is 15.6. The summed E-state index contributed by atoms with van der Waals surface area (Å²) < 4.78 is 12.4. The fraction of sp³-hybridized carbons (Fsp3) is 0.174. The van der Waals surface area contributed by atoms with Gasteiger partial charge in [0.25, 0.3) is 0 Å². The topological polar surface area (TPSA) is 38.8 Å². The van der Waals surface area contributed by atoms with Crippen molar-refractivity contribution in [2.75, 3.05) is 4.90 Å². The summed E-state index contributed by atoms with van der Waals surface area (Å²) in [6.07, 6.45) is 1.00. The van der Waals surface area contributed by atoms with Crippen LogP contribution < -0.4 is 9.64 Å². The monoisotopic (exact) mass is 389 g/mol. The molecule has 3 aliphatic rings. The molecule has 3 aromatic carbocycles. The first-order chi connectivity index (χ1) is 13.6. The minimum absolute atomic E-state index is 0.289. The summed E-state index contributed by atoms with van der Waals surface area (Å²) in [6, 6.07) is 21.2. The molecule has 5 heteroatoms. The highest BCUT2D eigenvalue weighted by Gasteiger charge is 2.59. The molecule has 2 heterocycles. The second kappa shape index (κ2) is 5.52. The molecule has 3 aromatic rings. The van der Waals surface area contributed by atoms with Crippen LogP contribution in [0.4, 0.5) is 10.5 Å². The Morgan fingerprint density at radius 2 is 1.64 bits per heavy atom. The molecular formula is C23H16ClNO3. The van der Waals surface area contributed by atoms with Crippen molar-refractivity contribution >= 4 is 23.4 Å². The van der Waals surface area contributed by atoms with Gasteiger partial charge in [-0.3, -0.25) is 4.90 Å². The minimum atomic E-state index is -0.663. The summed E-state index contributed by atoms with van der Waals surface area (Å²) in [7, 11) is 0. The van der Waals surface area contributed by atoms with E-state index in [-0.39, 0.29) is 12.1 Å². The maximum absolute atomic E-state index is 13.2. The van der Waals surface area contributed by atoms with Crippen LogP contribution >= 0.6 is 11.6 Å². The van der Waals surface area contributed by atoms with E-state index >= 15 is 0 Å². The highest BCUT2D eigenvalue weighted by Crippen LogP contribution is 2.56. The number of carbonyl (C=O) groups excluding carboxylic acids is 1. The van der Waals surface area contributed by atoms with Crippen molar-refractivity contribution in [1.29, 1.82) is 0 Å². The lowest BCUT2D eigenvalue weighted by Crippen LogP contribution is -2.39. The number of anilines is 1. The molecule has 6 rings (SSSR count). The SMILES string of the molecule is O=C1OC2(Cc3ccccc3C2)C2c3ccccc3Oc3ccc(Cl)cc3N12. The van der Waals surface area contributed by atoms with Crippen LogP contribution in [0, 0.1) is 0 Å². The van der Waals surface area contributed by atoms with Crippen molar-refractivity contribution < 1.29 is 14.3 Å². The molecule has 0 aromatic heterocycles. The molecule has 1 spiro atoms. The summed E-state index contributed by atoms with van der Waals surface area (Å²) in [5.74, 6) is 1.34. The Morgan fingerprint density at radius 3 is 2.43 bits per heavy atom. The molecule has 1 saturated heterocycles. The van der Waals surface area contributed by atoms with Gasteiger partial charge in [0.15, 0.2) is 5.75 Å². The summed E-state index contributed by atoms with van der Waals surface area (Å²) in [4.78, 5) is 14.9. The van der Waals surface area contributed by atoms with Crippen LogP contribution in [0.2, 0.25) is 5.02 Å². The van der Waals surface area contributed by atoms with Crippen LogP contribution in [0.15, 0.2) is 66.7 Å². The van der Waals surface area contributed by atoms with Crippen molar-refractivity contribution in [3.63, 3.8) is 0 Å². The number of hydrogen-bond donors (Lipinski definition) is 0. The van der Waals surface area contributed by atoms with Crippen molar-refractivity contribution in [2.24, 2.45) is 0 Å². The van der Waals surface area contributed by atoms with Gasteiger partial charge in [-0.2, -0.15) is 0 Å². The molecule has 2 aliphatic heterocycles. The zero-order valence-electron chi connectivity index (χ0n) is 14.9. The third-order valence-electron chi connectivity index (χ3n) is 5.96. The molecule has 138 valence electrons. The Morgan fingerprint density at radius 1 is 0.929 bits per heavy atom. The first kappa shape index (κ1) is 16.0. The Hall–Kier alpha value is -2.98. The second-order valence-corrected chi connectivity index (χ2v) is 8.02. The lowest BCUT2D eigenvalue weighted by Gasteiger charge is -2.31. The number of fused-ring (bicyclic) bond motifs is 7. The summed E-state index contributed by atoms with van der Waals surface area (Å²) in [5, 5.41) is 0.551. The van der Waals surface area contributed by atoms with E-state index in [9.17, 15) is 4.79 Å². The van der Waals surface area contributed by atoms with Gasteiger partial charge >= 0.3 is 6.09 Å². The number of carbonyl (C=O) groups is 1. The average Bonchev–Trinajstić information content (AvgIpc) is 3.13. The molecule has 1 unspecified atom stereocenters. The summed E-state index contributed by atoms with van der Waals surface area (Å²) in [5.41, 5.74) is 3.39. The Balaban J connectivity index is 1.60. The van der Waals surface area contributed by atoms with Gasteiger partial charge in [0, 0.05) is 23.4 Å². The van der Waals surface area contributed by atoms with Crippen molar-refractivity contribution in [3.05, 3.63) is 88.4 Å². The van der Waals surface area contributed by atoms with Crippen LogP contribution in [0.3, 0.4) is 0 Å². The predicted molar refractivity (Wildman–Crippen MR) is 106 cm³/mol. The molecule has 0 bridgehead atoms. The third-order valence-corrected chi connectivity index (χ3v) is 6.19. The number of hydrogen-bond acceptors (Lipinski definition) is 3. The lowest BCUT2D eigenvalue weighted by molar-refractivity contribution is 0.0449. The Bertz CT molecular complexity index is 1120. The standard InChI is InChI=1S/C23H16ClNO3/c24-16-9-10-20-18(11-16)25-21(17-7-3-4-8-19(17)27-20)23(28-22(25)26)12-14-5-1-2-6-15(14)13-23/h1-11,21H,12-13H2. The maximum atomic E-state index is 13.2. The van der Waals surface area contributed by atoms with Crippen LogP contribution in [0.5, 0.6) is 11.5 Å². The van der Waals surface area contributed by atoms with E-state index in [0.717, 1.165) is 11.3 Å². The van der Waals surface area contributed by atoms with E-state index < -0.39 is 5.60 Å². The Kier molecular flexibility index (Phi) is 3.16. The molecule has 1 atom stereocenters. The summed E-state index contributed by atoms with van der Waals surface area (Å²) in [6.45, 7) is 0. The zero-order chi connectivity index (χ0) is 18.9. The van der Waals surface area contributed by atoms with Gasteiger partial charge in [-0.15, -0.1) is 0 Å². The molecule has 28 heavy (non-hydrogen) atoms. The van der Waals surface area contributed by atoms with E-state index in [1.54, 1.807) is 23.1 Å². The normalized spacial score (nSPS) is 20.5. The molecule has 1 aliphatic carbocycles. The number of benzene rings is 3. The number of ether oxygens (including phenoxy) is 2. The van der Waals surface area contributed by atoms with E-state index in [2.05, 4.69) is 12.1 Å². The minimum Gasteiger partial charge on any atom is -0.455 e. The van der Waals surface area contributed by atoms with E-state index in [4.69, 9.17) is 21.1 Å². The molecule has 0 saturated carbocycles. The van der Waals surface area contributed by atoms with Crippen LogP contribution in [-0.2, 0) is 17.6 Å². The molecule has 1 amide bonds. The van der Waals surface area contributed by atoms with Crippen molar-refractivity contribution in [3.8, 4) is 11.5 Å². The van der Waals surface area contributed by atoms with Gasteiger partial charge in [-0.25, -0.2) is 4.79 Å². The predicted octanol–water partition coefficient (Wildman–Crippen LogP) is 5.68. The van der Waals surface area contributed by atoms with E-state index in [1.165, 1.54) is 11.1 Å². The number of amides is 1. The molecule has 0 N–H and O–H groups in total. The van der Waals surface area contributed by atoms with Crippen molar-refractivity contribution in [2.45, 2.75) is 24.5 Å². The first-order valence-corrected chi connectivity index (χ1v) is 9.68. The van der Waals surface area contributed by atoms with Crippen LogP contribution in [-0.4, -0.2) is 11.7 Å². The highest BCUT2D eigenvalue weighted by molar-refractivity contribution is 6.31. The summed E-state index contributed by atoms with van der Waals surface area (Å²) >= 11 is 6.27. The van der Waals surface area contributed by atoms with Gasteiger partial charge in [-0.05, 0) is 35.4 Å². The van der Waals surface area contributed by atoms with Crippen molar-refractivity contribution in [1.82, 2.24) is 0 Å². The first-order valence-electron chi connectivity index (χ1n) is 9.30. The van der Waals surface area contributed by atoms with Gasteiger partial charge in [0.05, 0.1) is 5.69 Å². The average molecular weight is 390 g/mol. The fourth-order valence-electron chi connectivity index (χ4n) is 4.84. The Labute approximate surface area is 167 Å². The second-order valence-electron chi connectivity index (χ2n) is 7.58. The van der Waals surface area contributed by atoms with Gasteiger partial charge < -0.3 is 9.47 Å². The quantitative estimate of drug-likeness (QED) is 0.496. The molecule has 1 fully saturated rings. The molecule has 4 nitrogen and oxygen atoms in total. The molecule has 0 radical (unpaired) electrons. The molecular weight excluding hydrogens is 374 g/mol. The van der Waals surface area contributed by atoms with E-state index in [1.807, 2.05) is 36.4 Å². The number of para-hydroxylation sites is 1. The van der Waals surface area contributed by atoms with Crippen LogP contribution in [0.1, 0.15) is 22.7 Å².